The molecule has 1 amide bonds. The number of carbonyl (C=O) groups is 2. The van der Waals surface area contributed by atoms with Crippen LogP contribution in [-0.2, 0) is 28.9 Å². The number of ether oxygens (including phenoxy) is 1. The van der Waals surface area contributed by atoms with Crippen molar-refractivity contribution in [2.24, 2.45) is 0 Å². The summed E-state index contributed by atoms with van der Waals surface area (Å²) in [6.45, 7) is 2.48. The standard InChI is InChI=1S/C35H33ClFNO4/c1-35(21-25-12-14-30(36)31(37)19-25)22-28-18-24(13-15-32(28)42-35)20-33(39)38(17-16-34(40)41)23-29(26-8-4-2-5-9-26)27-10-6-3-7-11-27/h2-15,18-19,29H,16-17,20-23H2,1H3,(H,40,41)/t35-/m0/s1. The number of benzene rings is 4. The van der Waals surface area contributed by atoms with Gasteiger partial charge in [0.25, 0.3) is 0 Å². The Morgan fingerprint density at radius 1 is 0.952 bits per heavy atom. The monoisotopic (exact) mass is 585 g/mol. The Labute approximate surface area is 250 Å². The van der Waals surface area contributed by atoms with E-state index in [1.165, 1.54) is 6.07 Å². The first-order valence-corrected chi connectivity index (χ1v) is 14.4. The summed E-state index contributed by atoms with van der Waals surface area (Å²) in [5.74, 6) is -0.885. The minimum Gasteiger partial charge on any atom is -0.487 e. The molecule has 0 aromatic heterocycles. The fourth-order valence-corrected chi connectivity index (χ4v) is 5.81. The van der Waals surface area contributed by atoms with Crippen LogP contribution in [0.2, 0.25) is 5.02 Å². The Kier molecular flexibility index (Phi) is 8.93. The van der Waals surface area contributed by atoms with E-state index < -0.39 is 17.4 Å². The molecule has 5 rings (SSSR count). The Balaban J connectivity index is 1.33. The molecule has 1 atom stereocenters. The smallest absolute Gasteiger partial charge is 0.305 e. The van der Waals surface area contributed by atoms with Gasteiger partial charge < -0.3 is 14.7 Å². The van der Waals surface area contributed by atoms with E-state index in [1.54, 1.807) is 17.0 Å². The average molecular weight is 586 g/mol. The van der Waals surface area contributed by atoms with Crippen molar-refractivity contribution in [1.82, 2.24) is 4.90 Å². The number of halogens is 2. The van der Waals surface area contributed by atoms with Gasteiger partial charge in [-0.25, -0.2) is 4.39 Å². The highest BCUT2D eigenvalue weighted by molar-refractivity contribution is 6.30. The first-order valence-electron chi connectivity index (χ1n) is 14.0. The third-order valence-electron chi connectivity index (χ3n) is 7.72. The summed E-state index contributed by atoms with van der Waals surface area (Å²) >= 11 is 5.85. The Morgan fingerprint density at radius 3 is 2.21 bits per heavy atom. The maximum atomic E-state index is 14.0. The quantitative estimate of drug-likeness (QED) is 0.204. The number of carbonyl (C=O) groups excluding carboxylic acids is 1. The van der Waals surface area contributed by atoms with Gasteiger partial charge in [-0.1, -0.05) is 90.5 Å². The second-order valence-corrected chi connectivity index (χ2v) is 11.5. The molecule has 4 aromatic carbocycles. The topological polar surface area (TPSA) is 66.8 Å². The third kappa shape index (κ3) is 7.18. The lowest BCUT2D eigenvalue weighted by Gasteiger charge is -2.28. The maximum absolute atomic E-state index is 14.0. The van der Waals surface area contributed by atoms with E-state index in [1.807, 2.05) is 85.8 Å². The van der Waals surface area contributed by atoms with Gasteiger partial charge >= 0.3 is 5.97 Å². The van der Waals surface area contributed by atoms with E-state index >= 15 is 0 Å². The van der Waals surface area contributed by atoms with Crippen LogP contribution in [0.4, 0.5) is 4.39 Å². The molecule has 0 radical (unpaired) electrons. The highest BCUT2D eigenvalue weighted by atomic mass is 35.5. The average Bonchev–Trinajstić information content (AvgIpc) is 3.30. The summed E-state index contributed by atoms with van der Waals surface area (Å²) in [6.07, 6.45) is 1.13. The molecule has 0 saturated heterocycles. The fourth-order valence-electron chi connectivity index (χ4n) is 5.69. The summed E-state index contributed by atoms with van der Waals surface area (Å²) in [5.41, 5.74) is 4.18. The van der Waals surface area contributed by atoms with Crippen LogP contribution in [0.3, 0.4) is 0 Å². The van der Waals surface area contributed by atoms with Crippen LogP contribution in [0.5, 0.6) is 5.75 Å². The molecule has 4 aromatic rings. The summed E-state index contributed by atoms with van der Waals surface area (Å²) < 4.78 is 20.3. The highest BCUT2D eigenvalue weighted by Gasteiger charge is 2.35. The number of amides is 1. The molecule has 216 valence electrons. The van der Waals surface area contributed by atoms with Crippen molar-refractivity contribution in [2.45, 2.75) is 44.1 Å². The Bertz CT molecular complexity index is 1520. The van der Waals surface area contributed by atoms with E-state index in [9.17, 15) is 19.1 Å². The molecule has 1 aliphatic heterocycles. The zero-order valence-corrected chi connectivity index (χ0v) is 24.2. The van der Waals surface area contributed by atoms with Crippen molar-refractivity contribution in [3.05, 3.63) is 136 Å². The Hall–Kier alpha value is -4.16. The summed E-state index contributed by atoms with van der Waals surface area (Å²) in [4.78, 5) is 26.9. The van der Waals surface area contributed by atoms with Crippen LogP contribution in [0.15, 0.2) is 97.1 Å². The molecule has 0 aliphatic carbocycles. The van der Waals surface area contributed by atoms with Gasteiger partial charge in [0, 0.05) is 31.8 Å². The second-order valence-electron chi connectivity index (χ2n) is 11.1. The van der Waals surface area contributed by atoms with Crippen LogP contribution in [-0.4, -0.2) is 40.6 Å². The zero-order valence-electron chi connectivity index (χ0n) is 23.4. The predicted octanol–water partition coefficient (Wildman–Crippen LogP) is 7.09. The molecular weight excluding hydrogens is 553 g/mol. The van der Waals surface area contributed by atoms with Crippen LogP contribution in [0, 0.1) is 5.82 Å². The van der Waals surface area contributed by atoms with Gasteiger partial charge in [0.2, 0.25) is 5.91 Å². The fraction of sp³-hybridized carbons (Fsp3) is 0.257. The van der Waals surface area contributed by atoms with Gasteiger partial charge in [0.05, 0.1) is 17.9 Å². The van der Waals surface area contributed by atoms with Crippen molar-refractivity contribution in [3.63, 3.8) is 0 Å². The van der Waals surface area contributed by atoms with E-state index in [-0.39, 0.29) is 36.2 Å². The first kappa shape index (κ1) is 29.3. The molecule has 1 N–H and O–H groups in total. The number of carboxylic acids is 1. The Morgan fingerprint density at radius 2 is 1.60 bits per heavy atom. The number of aliphatic carboxylic acids is 1. The molecule has 0 unspecified atom stereocenters. The van der Waals surface area contributed by atoms with Gasteiger partial charge in [-0.05, 0) is 52.9 Å². The first-order chi connectivity index (χ1) is 20.2. The normalized spacial score (nSPS) is 15.7. The molecule has 0 saturated carbocycles. The summed E-state index contributed by atoms with van der Waals surface area (Å²) in [7, 11) is 0. The van der Waals surface area contributed by atoms with Crippen LogP contribution in [0.1, 0.15) is 47.1 Å². The molecule has 0 spiro atoms. The molecule has 1 heterocycles. The lowest BCUT2D eigenvalue weighted by molar-refractivity contribution is -0.138. The maximum Gasteiger partial charge on any atom is 0.305 e. The molecule has 0 fully saturated rings. The van der Waals surface area contributed by atoms with Crippen molar-refractivity contribution < 1.29 is 23.8 Å². The van der Waals surface area contributed by atoms with Gasteiger partial charge in [0.15, 0.2) is 0 Å². The summed E-state index contributed by atoms with van der Waals surface area (Å²) in [5, 5.41) is 9.50. The minimum absolute atomic E-state index is 0.0881. The predicted molar refractivity (Wildman–Crippen MR) is 162 cm³/mol. The van der Waals surface area contributed by atoms with E-state index in [4.69, 9.17) is 16.3 Å². The number of hydrogen-bond acceptors (Lipinski definition) is 3. The van der Waals surface area contributed by atoms with Crippen LogP contribution in [0.25, 0.3) is 0 Å². The van der Waals surface area contributed by atoms with Crippen molar-refractivity contribution in [1.29, 1.82) is 0 Å². The van der Waals surface area contributed by atoms with E-state index in [2.05, 4.69) is 0 Å². The van der Waals surface area contributed by atoms with Crippen molar-refractivity contribution in [3.8, 4) is 5.75 Å². The van der Waals surface area contributed by atoms with E-state index in [0.717, 1.165) is 33.6 Å². The number of rotatable bonds is 11. The molecule has 0 bridgehead atoms. The number of fused-ring (bicyclic) bond motifs is 1. The van der Waals surface area contributed by atoms with Gasteiger partial charge in [-0.15, -0.1) is 0 Å². The molecule has 1 aliphatic rings. The van der Waals surface area contributed by atoms with Gasteiger partial charge in [0.1, 0.15) is 17.2 Å². The lowest BCUT2D eigenvalue weighted by atomic mass is 9.90. The number of hydrogen-bond donors (Lipinski definition) is 1. The summed E-state index contributed by atoms with van der Waals surface area (Å²) in [6, 6.07) is 30.5. The lowest BCUT2D eigenvalue weighted by Crippen LogP contribution is -2.37. The third-order valence-corrected chi connectivity index (χ3v) is 8.02. The molecule has 42 heavy (non-hydrogen) atoms. The zero-order chi connectivity index (χ0) is 29.7. The molecular formula is C35H33ClFNO4. The van der Waals surface area contributed by atoms with Crippen LogP contribution >= 0.6 is 11.6 Å². The largest absolute Gasteiger partial charge is 0.487 e. The van der Waals surface area contributed by atoms with E-state index in [0.29, 0.717) is 19.4 Å². The molecule has 5 nitrogen and oxygen atoms in total. The molecule has 7 heteroatoms. The highest BCUT2D eigenvalue weighted by Crippen LogP contribution is 2.38. The SMILES string of the molecule is C[C@]1(Cc2ccc(Cl)c(F)c2)Cc2cc(CC(=O)N(CCC(=O)O)CC(c3ccccc3)c3ccccc3)ccc2O1. The van der Waals surface area contributed by atoms with Crippen LogP contribution < -0.4 is 4.74 Å². The van der Waals surface area contributed by atoms with Gasteiger partial charge in [-0.2, -0.15) is 0 Å². The number of carboxylic acid groups (broad SMARTS) is 1. The van der Waals surface area contributed by atoms with Gasteiger partial charge in [-0.3, -0.25) is 9.59 Å². The minimum atomic E-state index is -0.946. The van der Waals surface area contributed by atoms with Crippen molar-refractivity contribution >= 4 is 23.5 Å². The second kappa shape index (κ2) is 12.8. The number of nitrogens with zero attached hydrogens (tertiary/aromatic N) is 1. The van der Waals surface area contributed by atoms with Crippen molar-refractivity contribution in [2.75, 3.05) is 13.1 Å².